The molecule has 0 spiro atoms. The quantitative estimate of drug-likeness (QED) is 0.326. The van der Waals surface area contributed by atoms with Gasteiger partial charge in [-0.3, -0.25) is 9.59 Å². The number of carbonyl (C=O) groups is 3. The highest BCUT2D eigenvalue weighted by molar-refractivity contribution is 5.92. The van der Waals surface area contributed by atoms with Crippen LogP contribution in [0.3, 0.4) is 0 Å². The highest BCUT2D eigenvalue weighted by Gasteiger charge is 2.37. The molecule has 1 saturated carbocycles. The molecule has 8 nitrogen and oxygen atoms in total. The molecule has 8 heteroatoms. The maximum absolute atomic E-state index is 13.9. The Hall–Kier alpha value is -2.61. The van der Waals surface area contributed by atoms with Gasteiger partial charge in [0.1, 0.15) is 17.7 Å². The third-order valence-corrected chi connectivity index (χ3v) is 6.94. The van der Waals surface area contributed by atoms with Gasteiger partial charge >= 0.3 is 6.09 Å². The number of amides is 3. The molecule has 2 unspecified atom stereocenters. The number of aryl methyl sites for hydroxylation is 2. The molecule has 38 heavy (non-hydrogen) atoms. The van der Waals surface area contributed by atoms with Crippen molar-refractivity contribution < 1.29 is 24.2 Å². The molecule has 0 bridgehead atoms. The van der Waals surface area contributed by atoms with Gasteiger partial charge in [0.05, 0.1) is 6.61 Å². The van der Waals surface area contributed by atoms with Gasteiger partial charge in [0.15, 0.2) is 0 Å². The SMILES string of the molecule is CCCCCCN(C(=O)C(CO)NC(=O)OC(C)(C)C)C(C(=O)NC1CCCCC1)c1ccc(C)cc1C. The number of nitrogens with zero attached hydrogens (tertiary/aromatic N) is 1. The van der Waals surface area contributed by atoms with Crippen LogP contribution in [0, 0.1) is 13.8 Å². The fourth-order valence-electron chi connectivity index (χ4n) is 5.02. The Morgan fingerprint density at radius 2 is 1.76 bits per heavy atom. The fourth-order valence-corrected chi connectivity index (χ4v) is 5.02. The van der Waals surface area contributed by atoms with E-state index in [2.05, 4.69) is 17.6 Å². The van der Waals surface area contributed by atoms with Gasteiger partial charge in [-0.05, 0) is 65.0 Å². The number of alkyl carbamates (subject to hydrolysis) is 1. The fraction of sp³-hybridized carbons (Fsp3) is 0.700. The number of rotatable bonds is 12. The monoisotopic (exact) mass is 531 g/mol. The number of aliphatic hydroxyl groups excluding tert-OH is 1. The first-order chi connectivity index (χ1) is 18.0. The first-order valence-electron chi connectivity index (χ1n) is 14.2. The number of benzene rings is 1. The number of unbranched alkanes of at least 4 members (excludes halogenated alkanes) is 3. The molecule has 2 rings (SSSR count). The summed E-state index contributed by atoms with van der Waals surface area (Å²) in [6.45, 7) is 11.0. The molecule has 0 radical (unpaired) electrons. The van der Waals surface area contributed by atoms with Gasteiger partial charge in [0, 0.05) is 12.6 Å². The molecule has 1 aliphatic carbocycles. The van der Waals surface area contributed by atoms with Gasteiger partial charge in [-0.25, -0.2) is 4.79 Å². The van der Waals surface area contributed by atoms with Crippen molar-refractivity contribution in [3.8, 4) is 0 Å². The lowest BCUT2D eigenvalue weighted by Crippen LogP contribution is -2.55. The van der Waals surface area contributed by atoms with Crippen LogP contribution >= 0.6 is 0 Å². The molecule has 3 amide bonds. The Morgan fingerprint density at radius 1 is 1.08 bits per heavy atom. The van der Waals surface area contributed by atoms with Gasteiger partial charge in [0.25, 0.3) is 0 Å². The maximum atomic E-state index is 13.9. The highest BCUT2D eigenvalue weighted by Crippen LogP contribution is 2.28. The standard InChI is InChI=1S/C30H49N3O5/c1-7-8-9-13-18-33(28(36)25(20-34)32-29(37)38-30(4,5)6)26(24-17-16-21(2)19-22(24)3)27(35)31-23-14-11-10-12-15-23/h16-17,19,23,25-26,34H,7-15,18,20H2,1-6H3,(H,31,35)(H,32,37). The van der Waals surface area contributed by atoms with E-state index in [0.717, 1.165) is 61.6 Å². The zero-order valence-corrected chi connectivity index (χ0v) is 24.3. The lowest BCUT2D eigenvalue weighted by atomic mass is 9.93. The van der Waals surface area contributed by atoms with Crippen molar-refractivity contribution in [1.82, 2.24) is 15.5 Å². The van der Waals surface area contributed by atoms with Gasteiger partial charge < -0.3 is 25.4 Å². The molecule has 0 aromatic heterocycles. The summed E-state index contributed by atoms with van der Waals surface area (Å²) in [5.41, 5.74) is 1.98. The Morgan fingerprint density at radius 3 is 2.34 bits per heavy atom. The van der Waals surface area contributed by atoms with Crippen molar-refractivity contribution in [1.29, 1.82) is 0 Å². The summed E-state index contributed by atoms with van der Waals surface area (Å²) >= 11 is 0. The smallest absolute Gasteiger partial charge is 0.408 e. The largest absolute Gasteiger partial charge is 0.444 e. The van der Waals surface area contributed by atoms with E-state index < -0.39 is 36.3 Å². The molecule has 0 heterocycles. The average molecular weight is 532 g/mol. The van der Waals surface area contributed by atoms with E-state index in [9.17, 15) is 19.5 Å². The van der Waals surface area contributed by atoms with E-state index in [1.165, 1.54) is 6.42 Å². The lowest BCUT2D eigenvalue weighted by molar-refractivity contribution is -0.143. The average Bonchev–Trinajstić information content (AvgIpc) is 2.84. The van der Waals surface area contributed by atoms with Gasteiger partial charge in [-0.2, -0.15) is 0 Å². The Bertz CT molecular complexity index is 921. The second-order valence-electron chi connectivity index (χ2n) is 11.6. The Labute approximate surface area is 228 Å². The maximum Gasteiger partial charge on any atom is 0.408 e. The summed E-state index contributed by atoms with van der Waals surface area (Å²) in [7, 11) is 0. The van der Waals surface area contributed by atoms with Crippen molar-refractivity contribution in [2.75, 3.05) is 13.2 Å². The van der Waals surface area contributed by atoms with E-state index >= 15 is 0 Å². The van der Waals surface area contributed by atoms with Crippen molar-refractivity contribution in [3.63, 3.8) is 0 Å². The molecule has 1 aliphatic rings. The summed E-state index contributed by atoms with van der Waals surface area (Å²) in [5.74, 6) is -0.722. The Kier molecular flexibility index (Phi) is 12.6. The van der Waals surface area contributed by atoms with Gasteiger partial charge in [-0.15, -0.1) is 0 Å². The topological polar surface area (TPSA) is 108 Å². The van der Waals surface area contributed by atoms with Gasteiger partial charge in [-0.1, -0.05) is 69.2 Å². The summed E-state index contributed by atoms with van der Waals surface area (Å²) < 4.78 is 5.33. The first kappa shape index (κ1) is 31.6. The van der Waals surface area contributed by atoms with Crippen LogP contribution in [0.15, 0.2) is 18.2 Å². The molecule has 3 N–H and O–H groups in total. The predicted octanol–water partition coefficient (Wildman–Crippen LogP) is 5.09. The van der Waals surface area contributed by atoms with Crippen LogP contribution in [0.4, 0.5) is 4.79 Å². The number of hydrogen-bond donors (Lipinski definition) is 3. The van der Waals surface area contributed by atoms with Gasteiger partial charge in [0.2, 0.25) is 11.8 Å². The number of carbonyl (C=O) groups excluding carboxylic acids is 3. The second-order valence-corrected chi connectivity index (χ2v) is 11.6. The summed E-state index contributed by atoms with van der Waals surface area (Å²) in [5, 5.41) is 15.9. The van der Waals surface area contributed by atoms with Crippen LogP contribution in [0.5, 0.6) is 0 Å². The minimum atomic E-state index is -1.23. The van der Waals surface area contributed by atoms with E-state index in [-0.39, 0.29) is 11.9 Å². The minimum absolute atomic E-state index is 0.0788. The van der Waals surface area contributed by atoms with Crippen LogP contribution in [0.2, 0.25) is 0 Å². The molecule has 1 fully saturated rings. The summed E-state index contributed by atoms with van der Waals surface area (Å²) in [4.78, 5) is 41.9. The van der Waals surface area contributed by atoms with Crippen molar-refractivity contribution in [3.05, 3.63) is 34.9 Å². The van der Waals surface area contributed by atoms with E-state index in [1.54, 1.807) is 25.7 Å². The molecule has 1 aromatic rings. The normalized spacial score (nSPS) is 15.9. The van der Waals surface area contributed by atoms with Crippen molar-refractivity contribution >= 4 is 17.9 Å². The zero-order valence-electron chi connectivity index (χ0n) is 24.3. The number of nitrogens with one attached hydrogen (secondary N) is 2. The highest BCUT2D eigenvalue weighted by atomic mass is 16.6. The molecule has 0 aliphatic heterocycles. The zero-order chi connectivity index (χ0) is 28.3. The second kappa shape index (κ2) is 15.1. The summed E-state index contributed by atoms with van der Waals surface area (Å²) in [6, 6.07) is 3.85. The van der Waals surface area contributed by atoms with Crippen LogP contribution in [0.1, 0.15) is 108 Å². The molecule has 2 atom stereocenters. The van der Waals surface area contributed by atoms with Crippen molar-refractivity contribution in [2.24, 2.45) is 0 Å². The number of ether oxygens (including phenoxy) is 1. The predicted molar refractivity (Wildman–Crippen MR) is 150 cm³/mol. The molecular weight excluding hydrogens is 482 g/mol. The molecule has 214 valence electrons. The number of aliphatic hydroxyl groups is 1. The summed E-state index contributed by atoms with van der Waals surface area (Å²) in [6.07, 6.45) is 8.06. The van der Waals surface area contributed by atoms with Crippen LogP contribution in [0.25, 0.3) is 0 Å². The van der Waals surface area contributed by atoms with E-state index in [1.807, 2.05) is 32.0 Å². The van der Waals surface area contributed by atoms with Crippen molar-refractivity contribution in [2.45, 2.75) is 123 Å². The third-order valence-electron chi connectivity index (χ3n) is 6.94. The van der Waals surface area contributed by atoms with Crippen LogP contribution in [-0.2, 0) is 14.3 Å². The lowest BCUT2D eigenvalue weighted by Gasteiger charge is -2.36. The third kappa shape index (κ3) is 9.93. The Balaban J connectivity index is 2.44. The van der Waals surface area contributed by atoms with Crippen LogP contribution < -0.4 is 10.6 Å². The molecule has 1 aromatic carbocycles. The molecule has 0 saturated heterocycles. The first-order valence-corrected chi connectivity index (χ1v) is 14.2. The number of hydrogen-bond acceptors (Lipinski definition) is 5. The van der Waals surface area contributed by atoms with E-state index in [0.29, 0.717) is 13.0 Å². The van der Waals surface area contributed by atoms with Crippen LogP contribution in [-0.4, -0.2) is 58.8 Å². The molecular formula is C30H49N3O5. The van der Waals surface area contributed by atoms with E-state index in [4.69, 9.17) is 4.74 Å². The minimum Gasteiger partial charge on any atom is -0.444 e.